The number of carbonyl (C=O) groups is 2. The number of likely N-dealkylation sites (tertiary alicyclic amines) is 1. The van der Waals surface area contributed by atoms with E-state index in [0.717, 1.165) is 17.7 Å². The van der Waals surface area contributed by atoms with Crippen LogP contribution in [0.2, 0.25) is 0 Å². The fraction of sp³-hybridized carbons (Fsp3) is 0.562. The van der Waals surface area contributed by atoms with Gasteiger partial charge in [0.1, 0.15) is 5.54 Å². The van der Waals surface area contributed by atoms with Crippen molar-refractivity contribution in [3.05, 3.63) is 29.6 Å². The minimum atomic E-state index is -0.892. The quantitative estimate of drug-likeness (QED) is 0.868. The second-order valence-corrected chi connectivity index (χ2v) is 5.62. The van der Waals surface area contributed by atoms with Gasteiger partial charge in [0.2, 0.25) is 11.8 Å². The van der Waals surface area contributed by atoms with E-state index in [0.29, 0.717) is 13.0 Å². The number of nitrogens with one attached hydrogen (secondary N) is 1. The Bertz CT molecular complexity index is 561. The number of methoxy groups -OCH3 is 1. The fourth-order valence-corrected chi connectivity index (χ4v) is 3.13. The van der Waals surface area contributed by atoms with Crippen molar-refractivity contribution in [3.8, 4) is 0 Å². The van der Waals surface area contributed by atoms with E-state index in [2.05, 4.69) is 10.3 Å². The molecule has 2 rings (SSSR count). The molecular weight excluding hydrogens is 282 g/mol. The van der Waals surface area contributed by atoms with Gasteiger partial charge >= 0.3 is 0 Å². The number of aromatic nitrogens is 1. The molecule has 1 aliphatic heterocycles. The van der Waals surface area contributed by atoms with Gasteiger partial charge in [0, 0.05) is 32.6 Å². The molecule has 120 valence electrons. The van der Waals surface area contributed by atoms with Crippen LogP contribution in [0.3, 0.4) is 0 Å². The molecule has 6 nitrogen and oxygen atoms in total. The highest BCUT2D eigenvalue weighted by atomic mass is 16.5. The minimum Gasteiger partial charge on any atom is -0.382 e. The van der Waals surface area contributed by atoms with Gasteiger partial charge in [-0.05, 0) is 31.4 Å². The zero-order chi connectivity index (χ0) is 16.2. The van der Waals surface area contributed by atoms with Gasteiger partial charge in [0.05, 0.1) is 13.0 Å². The molecule has 2 heterocycles. The van der Waals surface area contributed by atoms with Crippen molar-refractivity contribution < 1.29 is 14.3 Å². The van der Waals surface area contributed by atoms with Gasteiger partial charge in [0.25, 0.3) is 0 Å². The molecule has 0 radical (unpaired) electrons. The average Bonchev–Trinajstić information content (AvgIpc) is 2.94. The molecule has 1 atom stereocenters. The summed E-state index contributed by atoms with van der Waals surface area (Å²) in [6, 6.07) is 3.72. The predicted molar refractivity (Wildman–Crippen MR) is 82.3 cm³/mol. The van der Waals surface area contributed by atoms with Crippen LogP contribution in [0.25, 0.3) is 0 Å². The highest BCUT2D eigenvalue weighted by molar-refractivity contribution is 5.92. The summed E-state index contributed by atoms with van der Waals surface area (Å²) in [5.41, 5.74) is 0.839. The first-order valence-corrected chi connectivity index (χ1v) is 7.47. The Kier molecular flexibility index (Phi) is 5.13. The average molecular weight is 305 g/mol. The van der Waals surface area contributed by atoms with Crippen molar-refractivity contribution in [2.45, 2.75) is 31.7 Å². The van der Waals surface area contributed by atoms with Gasteiger partial charge in [-0.25, -0.2) is 0 Å². The Hall–Kier alpha value is -1.95. The number of amides is 2. The van der Waals surface area contributed by atoms with Crippen LogP contribution in [0.15, 0.2) is 18.3 Å². The van der Waals surface area contributed by atoms with E-state index in [-0.39, 0.29) is 24.8 Å². The monoisotopic (exact) mass is 305 g/mol. The van der Waals surface area contributed by atoms with Crippen LogP contribution in [-0.2, 0) is 20.7 Å². The van der Waals surface area contributed by atoms with Crippen LogP contribution < -0.4 is 5.32 Å². The summed E-state index contributed by atoms with van der Waals surface area (Å²) >= 11 is 0. The van der Waals surface area contributed by atoms with Crippen LogP contribution in [0.5, 0.6) is 0 Å². The number of pyridine rings is 1. The first-order valence-electron chi connectivity index (χ1n) is 7.47. The summed E-state index contributed by atoms with van der Waals surface area (Å²) in [6.07, 6.45) is 3.38. The van der Waals surface area contributed by atoms with E-state index in [1.807, 2.05) is 19.1 Å². The number of nitrogens with zero attached hydrogens (tertiary/aromatic N) is 2. The SMILES string of the molecule is CNC(=O)C1(COC)CCCN1C(=O)Cc1cccnc1C. The second-order valence-electron chi connectivity index (χ2n) is 5.62. The molecule has 1 aromatic heterocycles. The smallest absolute Gasteiger partial charge is 0.248 e. The number of aryl methyl sites for hydroxylation is 1. The number of rotatable bonds is 5. The summed E-state index contributed by atoms with van der Waals surface area (Å²) in [4.78, 5) is 31.0. The van der Waals surface area contributed by atoms with Crippen LogP contribution in [0.4, 0.5) is 0 Å². The molecule has 0 saturated carbocycles. The Morgan fingerprint density at radius 1 is 1.50 bits per heavy atom. The second kappa shape index (κ2) is 6.87. The molecule has 1 unspecified atom stereocenters. The maximum Gasteiger partial charge on any atom is 0.248 e. The van der Waals surface area contributed by atoms with Crippen molar-refractivity contribution in [2.75, 3.05) is 27.3 Å². The predicted octanol–water partition coefficient (Wildman–Crippen LogP) is 0.686. The van der Waals surface area contributed by atoms with Crippen LogP contribution >= 0.6 is 0 Å². The van der Waals surface area contributed by atoms with Crippen LogP contribution in [0, 0.1) is 6.92 Å². The van der Waals surface area contributed by atoms with Gasteiger partial charge in [-0.2, -0.15) is 0 Å². The van der Waals surface area contributed by atoms with Gasteiger partial charge < -0.3 is 15.0 Å². The van der Waals surface area contributed by atoms with Gasteiger partial charge in [-0.15, -0.1) is 0 Å². The number of carbonyl (C=O) groups excluding carboxylic acids is 2. The third kappa shape index (κ3) is 2.97. The van der Waals surface area contributed by atoms with Crippen molar-refractivity contribution in [1.82, 2.24) is 15.2 Å². The summed E-state index contributed by atoms with van der Waals surface area (Å²) in [5.74, 6) is -0.225. The van der Waals surface area contributed by atoms with Crippen molar-refractivity contribution in [1.29, 1.82) is 0 Å². The first-order chi connectivity index (χ1) is 10.5. The van der Waals surface area contributed by atoms with Crippen LogP contribution in [-0.4, -0.2) is 54.5 Å². The van der Waals surface area contributed by atoms with Crippen LogP contribution in [0.1, 0.15) is 24.1 Å². The third-order valence-electron chi connectivity index (χ3n) is 4.28. The molecule has 1 aromatic rings. The molecule has 2 amide bonds. The lowest BCUT2D eigenvalue weighted by Gasteiger charge is -2.36. The molecule has 1 saturated heterocycles. The highest BCUT2D eigenvalue weighted by Gasteiger charge is 2.49. The van der Waals surface area contributed by atoms with Crippen molar-refractivity contribution in [3.63, 3.8) is 0 Å². The lowest BCUT2D eigenvalue weighted by atomic mass is 9.95. The van der Waals surface area contributed by atoms with E-state index in [4.69, 9.17) is 4.74 Å². The van der Waals surface area contributed by atoms with E-state index < -0.39 is 5.54 Å². The molecule has 0 spiro atoms. The minimum absolute atomic E-state index is 0.0609. The first kappa shape index (κ1) is 16.4. The Morgan fingerprint density at radius 3 is 2.91 bits per heavy atom. The van der Waals surface area contributed by atoms with E-state index >= 15 is 0 Å². The summed E-state index contributed by atoms with van der Waals surface area (Å²) < 4.78 is 5.24. The lowest BCUT2D eigenvalue weighted by Crippen LogP contribution is -2.59. The van der Waals surface area contributed by atoms with Crippen molar-refractivity contribution >= 4 is 11.8 Å². The standard InChI is InChI=1S/C16H23N3O3/c1-12-13(6-4-8-18-12)10-14(20)19-9-5-7-16(19,11-22-3)15(21)17-2/h4,6,8H,5,7,9-11H2,1-3H3,(H,17,21). The summed E-state index contributed by atoms with van der Waals surface area (Å²) in [5, 5.41) is 2.67. The normalized spacial score (nSPS) is 21.0. The molecule has 1 fully saturated rings. The molecule has 1 aliphatic rings. The topological polar surface area (TPSA) is 71.5 Å². The molecular formula is C16H23N3O3. The van der Waals surface area contributed by atoms with E-state index in [1.54, 1.807) is 25.3 Å². The molecule has 6 heteroatoms. The molecule has 0 bridgehead atoms. The maximum atomic E-state index is 12.7. The zero-order valence-corrected chi connectivity index (χ0v) is 13.4. The summed E-state index contributed by atoms with van der Waals surface area (Å²) in [7, 11) is 3.14. The largest absolute Gasteiger partial charge is 0.382 e. The van der Waals surface area contributed by atoms with E-state index in [9.17, 15) is 9.59 Å². The fourth-order valence-electron chi connectivity index (χ4n) is 3.13. The zero-order valence-electron chi connectivity index (χ0n) is 13.4. The van der Waals surface area contributed by atoms with Gasteiger partial charge in [-0.3, -0.25) is 14.6 Å². The number of ether oxygens (including phenoxy) is 1. The van der Waals surface area contributed by atoms with Gasteiger partial charge in [0.15, 0.2) is 0 Å². The molecule has 22 heavy (non-hydrogen) atoms. The Balaban J connectivity index is 2.23. The Labute approximate surface area is 130 Å². The van der Waals surface area contributed by atoms with E-state index in [1.165, 1.54) is 0 Å². The Morgan fingerprint density at radius 2 is 2.27 bits per heavy atom. The number of hydrogen-bond acceptors (Lipinski definition) is 4. The highest BCUT2D eigenvalue weighted by Crippen LogP contribution is 2.31. The molecule has 0 aliphatic carbocycles. The maximum absolute atomic E-state index is 12.7. The molecule has 1 N–H and O–H groups in total. The van der Waals surface area contributed by atoms with Gasteiger partial charge in [-0.1, -0.05) is 6.07 Å². The third-order valence-corrected chi connectivity index (χ3v) is 4.28. The lowest BCUT2D eigenvalue weighted by molar-refractivity contribution is -0.147. The molecule has 0 aromatic carbocycles. The van der Waals surface area contributed by atoms with Crippen molar-refractivity contribution in [2.24, 2.45) is 0 Å². The summed E-state index contributed by atoms with van der Waals surface area (Å²) in [6.45, 7) is 2.67. The number of likely N-dealkylation sites (N-methyl/N-ethyl adjacent to an activating group) is 1. The number of hydrogen-bond donors (Lipinski definition) is 1.